The predicted molar refractivity (Wildman–Crippen MR) is 214 cm³/mol. The van der Waals surface area contributed by atoms with Crippen molar-refractivity contribution in [2.45, 2.75) is 113 Å². The molecule has 0 radical (unpaired) electrons. The van der Waals surface area contributed by atoms with Crippen LogP contribution in [0.2, 0.25) is 0 Å². The van der Waals surface area contributed by atoms with Gasteiger partial charge in [-0.2, -0.15) is 12.6 Å². The summed E-state index contributed by atoms with van der Waals surface area (Å²) < 4.78 is -0.164. The number of rotatable bonds is 30. The average molecular weight is 914 g/mol. The van der Waals surface area contributed by atoms with E-state index >= 15 is 0 Å². The van der Waals surface area contributed by atoms with E-state index in [9.17, 15) is 72.9 Å². The highest BCUT2D eigenvalue weighted by atomic mass is 33.1. The summed E-state index contributed by atoms with van der Waals surface area (Å²) in [6.45, 7) is 5.97. The highest BCUT2D eigenvalue weighted by Gasteiger charge is 2.32. The van der Waals surface area contributed by atoms with Crippen molar-refractivity contribution < 1.29 is 83.1 Å². The van der Waals surface area contributed by atoms with Gasteiger partial charge in [-0.1, -0.05) is 48.8 Å². The van der Waals surface area contributed by atoms with Crippen LogP contribution in [0.4, 0.5) is 0 Å². The number of amides is 6. The lowest BCUT2D eigenvalue weighted by Gasteiger charge is -2.21. The molecule has 0 aliphatic heterocycles. The second-order valence-corrected chi connectivity index (χ2v) is 17.3. The number of nitrogens with two attached hydrogens (primary N) is 1. The Morgan fingerprint density at radius 1 is 0.583 bits per heavy atom. The first-order chi connectivity index (χ1) is 27.8. The van der Waals surface area contributed by atoms with Crippen LogP contribution in [0.15, 0.2) is 0 Å². The van der Waals surface area contributed by atoms with Crippen molar-refractivity contribution in [3.63, 3.8) is 0 Å². The number of nitrogens with one attached hydrogen (secondary N) is 6. The van der Waals surface area contributed by atoms with Gasteiger partial charge in [0, 0.05) is 29.2 Å². The number of carboxylic acids is 5. The molecule has 0 rings (SSSR count). The molecule has 0 aromatic carbocycles. The maximum atomic E-state index is 12.9. The van der Waals surface area contributed by atoms with Crippen LogP contribution in [0.1, 0.15) is 72.1 Å². The Labute approximate surface area is 356 Å². The third-order valence-electron chi connectivity index (χ3n) is 7.38. The van der Waals surface area contributed by atoms with E-state index in [2.05, 4.69) is 28.6 Å². The van der Waals surface area contributed by atoms with Crippen molar-refractivity contribution in [2.75, 3.05) is 18.1 Å². The van der Waals surface area contributed by atoms with Gasteiger partial charge in [-0.15, -0.1) is 0 Å². The van der Waals surface area contributed by atoms with Gasteiger partial charge in [-0.25, -0.2) is 19.2 Å². The van der Waals surface area contributed by atoms with Crippen LogP contribution in [0.5, 0.6) is 0 Å². The van der Waals surface area contributed by atoms with Crippen LogP contribution < -0.4 is 37.6 Å². The number of unbranched alkanes of at least 4 members (excludes halogenated alkanes) is 2. The second kappa shape index (κ2) is 27.6. The van der Waals surface area contributed by atoms with Crippen molar-refractivity contribution in [2.24, 2.45) is 5.73 Å². The van der Waals surface area contributed by atoms with E-state index in [0.29, 0.717) is 12.8 Å². The molecule has 0 fully saturated rings. The Balaban J connectivity index is 5.10. The molecule has 0 aromatic rings. The maximum Gasteiger partial charge on any atom is 0.326 e. The molecule has 6 atom stereocenters. The molecule has 0 heterocycles. The number of ketones is 1. The first-order valence-electron chi connectivity index (χ1n) is 17.9. The summed E-state index contributed by atoms with van der Waals surface area (Å²) in [7, 11) is 2.78. The fourth-order valence-corrected chi connectivity index (χ4v) is 7.05. The third kappa shape index (κ3) is 24.1. The molecular formula is C33H51N7O17S3. The lowest BCUT2D eigenvalue weighted by Crippen LogP contribution is -2.53. The van der Waals surface area contributed by atoms with E-state index in [0.717, 1.165) is 0 Å². The van der Waals surface area contributed by atoms with Gasteiger partial charge in [0.25, 0.3) is 5.91 Å². The highest BCUT2D eigenvalue weighted by Crippen LogP contribution is 2.35. The molecule has 0 aromatic heterocycles. The van der Waals surface area contributed by atoms with Gasteiger partial charge in [-0.05, 0) is 12.8 Å². The van der Waals surface area contributed by atoms with Gasteiger partial charge in [0.05, 0.1) is 31.7 Å². The van der Waals surface area contributed by atoms with E-state index in [1.165, 1.54) is 21.6 Å². The number of carboxylic acid groups (broad SMARTS) is 5. The topological polar surface area (TPSA) is 404 Å². The first-order valence-corrected chi connectivity index (χ1v) is 20.8. The number of carbonyl (C=O) groups is 12. The molecule has 6 amide bonds. The summed E-state index contributed by atoms with van der Waals surface area (Å²) in [4.78, 5) is 144. The van der Waals surface area contributed by atoms with Crippen molar-refractivity contribution >= 4 is 105 Å². The summed E-state index contributed by atoms with van der Waals surface area (Å²) in [6, 6.07) is -10.1. The molecule has 0 aliphatic carbocycles. The van der Waals surface area contributed by atoms with Gasteiger partial charge in [-0.3, -0.25) is 38.4 Å². The minimum atomic E-state index is -2.05. The molecule has 60 heavy (non-hydrogen) atoms. The fraction of sp³-hybridized carbons (Fsp3) is 0.636. The number of hydrogen-bond donors (Lipinski definition) is 13. The lowest BCUT2D eigenvalue weighted by molar-refractivity contribution is -0.148. The molecule has 5 unspecified atom stereocenters. The fourth-order valence-electron chi connectivity index (χ4n) is 4.42. The monoisotopic (exact) mass is 913 g/mol. The molecule has 0 aliphatic rings. The summed E-state index contributed by atoms with van der Waals surface area (Å²) in [6.07, 6.45) is -3.58. The quantitative estimate of drug-likeness (QED) is 0.0149. The average Bonchev–Trinajstić information content (AvgIpc) is 3.12. The van der Waals surface area contributed by atoms with Crippen LogP contribution in [-0.4, -0.2) is 156 Å². The van der Waals surface area contributed by atoms with Crippen molar-refractivity contribution in [3.8, 4) is 0 Å². The van der Waals surface area contributed by atoms with E-state index < -0.39 is 133 Å². The Kier molecular flexibility index (Phi) is 25.2. The summed E-state index contributed by atoms with van der Waals surface area (Å²) >= 11 is 3.90. The van der Waals surface area contributed by atoms with E-state index in [1.807, 2.05) is 31.4 Å². The maximum absolute atomic E-state index is 12.9. The Morgan fingerprint density at radius 2 is 1.00 bits per heavy atom. The minimum absolute atomic E-state index is 0.0768. The standard InChI is InChI=1S/C33H51N7O17S3/c1-33(2,3)60-59-14-20(40-28(49)26(47)15(34)13-58)27(48)35-8-6-4-5-7-21(41)36-16(29(50)51)9-22(42)37-17(30(52)53)10-23(43)38-18(31(54)55)11-24(44)39-19(32(56)57)12-25(45)46/h15-20,58H,4-14,34H2,1-3H3,(H,35,48)(H,36,41)(H,37,42)(H,38,43)(H,39,44)(H,40,49)(H,45,46)(H,50,51)(H,52,53)(H,54,55)(H,56,57)/t15-,16?,17?,18?,19?,20?/m0/s1. The normalized spacial score (nSPS) is 14.0. The smallest absolute Gasteiger partial charge is 0.326 e. The molecule has 24 nitrogen and oxygen atoms in total. The number of carbonyl (C=O) groups excluding carboxylic acids is 7. The van der Waals surface area contributed by atoms with Crippen LogP contribution in [0.3, 0.4) is 0 Å². The molecule has 0 saturated heterocycles. The van der Waals surface area contributed by atoms with Crippen LogP contribution >= 0.6 is 34.2 Å². The van der Waals surface area contributed by atoms with E-state index in [4.69, 9.17) is 15.9 Å². The molecule has 0 spiro atoms. The van der Waals surface area contributed by atoms with Crippen LogP contribution in [0.25, 0.3) is 0 Å². The van der Waals surface area contributed by atoms with Crippen molar-refractivity contribution in [1.82, 2.24) is 31.9 Å². The Hall–Kier alpha value is -5.15. The first kappa shape index (κ1) is 54.9. The molecule has 0 saturated carbocycles. The molecule has 338 valence electrons. The van der Waals surface area contributed by atoms with Crippen molar-refractivity contribution in [1.29, 1.82) is 0 Å². The number of thiol groups is 1. The van der Waals surface area contributed by atoms with Crippen molar-refractivity contribution in [3.05, 3.63) is 0 Å². The molecule has 13 N–H and O–H groups in total. The number of hydrogen-bond acceptors (Lipinski definition) is 16. The van der Waals surface area contributed by atoms with Gasteiger partial charge in [0.15, 0.2) is 0 Å². The predicted octanol–water partition coefficient (Wildman–Crippen LogP) is -2.92. The molecular weight excluding hydrogens is 863 g/mol. The Morgan fingerprint density at radius 3 is 1.38 bits per heavy atom. The summed E-state index contributed by atoms with van der Waals surface area (Å²) in [5.74, 6) is -15.8. The zero-order valence-corrected chi connectivity index (χ0v) is 35.2. The highest BCUT2D eigenvalue weighted by molar-refractivity contribution is 8.77. The van der Waals surface area contributed by atoms with Crippen LogP contribution in [-0.2, 0) is 57.5 Å². The summed E-state index contributed by atoms with van der Waals surface area (Å²) in [5.41, 5.74) is 5.58. The third-order valence-corrected chi connectivity index (χ3v) is 11.1. The second-order valence-electron chi connectivity index (χ2n) is 13.8. The van der Waals surface area contributed by atoms with E-state index in [1.54, 1.807) is 5.32 Å². The van der Waals surface area contributed by atoms with Crippen LogP contribution in [0, 0.1) is 0 Å². The summed E-state index contributed by atoms with van der Waals surface area (Å²) in [5, 5.41) is 58.9. The zero-order valence-electron chi connectivity index (χ0n) is 32.7. The molecule has 27 heteroatoms. The van der Waals surface area contributed by atoms with Gasteiger partial charge in [0.1, 0.15) is 30.2 Å². The van der Waals surface area contributed by atoms with Gasteiger partial charge >= 0.3 is 29.8 Å². The number of Topliss-reactive ketones (excluding diaryl/α,β-unsaturated/α-hetero) is 1. The number of aliphatic carboxylic acids is 5. The largest absolute Gasteiger partial charge is 0.481 e. The Bertz CT molecular complexity index is 1610. The van der Waals surface area contributed by atoms with Gasteiger partial charge in [0.2, 0.25) is 35.3 Å². The lowest BCUT2D eigenvalue weighted by atomic mass is 10.1. The van der Waals surface area contributed by atoms with Gasteiger partial charge < -0.3 is 63.2 Å². The zero-order chi connectivity index (χ0) is 46.3. The van der Waals surface area contributed by atoms with E-state index in [-0.39, 0.29) is 35.6 Å². The molecule has 0 bridgehead atoms. The minimum Gasteiger partial charge on any atom is -0.481 e. The SMILES string of the molecule is CC(C)(C)SSCC(NC(=O)C(=O)[C@@H](N)CS)C(=O)NCCCCCC(=O)NC(CC(=O)NC(CC(=O)NC(CC(=O)NC(CC(=O)O)C(=O)O)C(=O)O)C(=O)O)C(=O)O.